The summed E-state index contributed by atoms with van der Waals surface area (Å²) in [5, 5.41) is 16.8. The highest BCUT2D eigenvalue weighted by atomic mass is 32.1. The van der Waals surface area contributed by atoms with Gasteiger partial charge >= 0.3 is 12.3 Å². The number of hydrogen-bond acceptors (Lipinski definition) is 4. The van der Waals surface area contributed by atoms with Crippen LogP contribution in [0.4, 0.5) is 28.9 Å². The second-order valence-corrected chi connectivity index (χ2v) is 6.35. The summed E-state index contributed by atoms with van der Waals surface area (Å²) in [6.45, 7) is -1.14. The molecule has 29 heavy (non-hydrogen) atoms. The SMILES string of the molecule is O=[N+]([O-])c1cc(NC(=S)NCCc2ccccc2)cc(OCC(F)(F)C(F)F)c1. The minimum absolute atomic E-state index is 0.0896. The third-order valence-electron chi connectivity index (χ3n) is 3.65. The van der Waals surface area contributed by atoms with Gasteiger partial charge in [-0.05, 0) is 24.2 Å². The smallest absolute Gasteiger partial charge is 0.340 e. The lowest BCUT2D eigenvalue weighted by Crippen LogP contribution is -2.33. The van der Waals surface area contributed by atoms with Gasteiger partial charge in [0.1, 0.15) is 5.75 Å². The normalized spacial score (nSPS) is 11.2. The van der Waals surface area contributed by atoms with Crippen LogP contribution in [0.1, 0.15) is 5.56 Å². The van der Waals surface area contributed by atoms with Crippen LogP contribution in [0.3, 0.4) is 0 Å². The van der Waals surface area contributed by atoms with Crippen LogP contribution in [0.15, 0.2) is 48.5 Å². The summed E-state index contributed by atoms with van der Waals surface area (Å²) < 4.78 is 55.2. The van der Waals surface area contributed by atoms with Gasteiger partial charge in [-0.25, -0.2) is 8.78 Å². The highest BCUT2D eigenvalue weighted by molar-refractivity contribution is 7.80. The fourth-order valence-electron chi connectivity index (χ4n) is 2.23. The zero-order valence-corrected chi connectivity index (χ0v) is 15.7. The molecule has 0 spiro atoms. The van der Waals surface area contributed by atoms with Crippen LogP contribution < -0.4 is 15.4 Å². The third kappa shape index (κ3) is 7.18. The van der Waals surface area contributed by atoms with Gasteiger partial charge in [0.05, 0.1) is 16.7 Å². The molecule has 0 atom stereocenters. The molecule has 6 nitrogen and oxygen atoms in total. The van der Waals surface area contributed by atoms with Crippen molar-refractivity contribution < 1.29 is 27.2 Å². The molecule has 2 aromatic carbocycles. The predicted molar refractivity (Wildman–Crippen MR) is 104 cm³/mol. The molecule has 0 amide bonds. The van der Waals surface area contributed by atoms with E-state index >= 15 is 0 Å². The van der Waals surface area contributed by atoms with Gasteiger partial charge in [-0.3, -0.25) is 10.1 Å². The zero-order valence-electron chi connectivity index (χ0n) is 14.9. The van der Waals surface area contributed by atoms with Gasteiger partial charge in [-0.2, -0.15) is 8.78 Å². The fraction of sp³-hybridized carbons (Fsp3) is 0.278. The molecule has 2 rings (SSSR count). The number of nitrogens with one attached hydrogen (secondary N) is 2. The summed E-state index contributed by atoms with van der Waals surface area (Å²) in [5.74, 6) is -4.75. The van der Waals surface area contributed by atoms with E-state index in [9.17, 15) is 27.7 Å². The van der Waals surface area contributed by atoms with E-state index in [-0.39, 0.29) is 16.5 Å². The van der Waals surface area contributed by atoms with Gasteiger partial charge in [0.2, 0.25) is 0 Å². The first-order valence-electron chi connectivity index (χ1n) is 8.34. The van der Waals surface area contributed by atoms with Crippen molar-refractivity contribution in [3.8, 4) is 5.75 Å². The van der Waals surface area contributed by atoms with Crippen molar-refractivity contribution in [2.45, 2.75) is 18.8 Å². The van der Waals surface area contributed by atoms with E-state index in [1.807, 2.05) is 30.3 Å². The summed E-state index contributed by atoms with van der Waals surface area (Å²) in [6, 6.07) is 12.7. The van der Waals surface area contributed by atoms with E-state index in [0.29, 0.717) is 13.0 Å². The number of benzene rings is 2. The summed E-state index contributed by atoms with van der Waals surface area (Å²) in [4.78, 5) is 10.3. The molecule has 0 unspecified atom stereocenters. The van der Waals surface area contributed by atoms with Gasteiger partial charge in [-0.1, -0.05) is 30.3 Å². The molecule has 0 saturated heterocycles. The molecule has 0 bridgehead atoms. The van der Waals surface area contributed by atoms with E-state index in [4.69, 9.17) is 12.2 Å². The first-order valence-corrected chi connectivity index (χ1v) is 8.75. The Bertz CT molecular complexity index is 853. The van der Waals surface area contributed by atoms with Crippen LogP contribution in [0.25, 0.3) is 0 Å². The van der Waals surface area contributed by atoms with Crippen LogP contribution in [-0.4, -0.2) is 35.5 Å². The minimum atomic E-state index is -4.38. The Balaban J connectivity index is 2.00. The molecule has 0 aromatic heterocycles. The molecule has 0 aliphatic carbocycles. The standard InChI is InChI=1S/C18H17F4N3O3S/c19-16(20)18(21,22)11-28-15-9-13(8-14(10-15)25(26)27)24-17(29)23-7-6-12-4-2-1-3-5-12/h1-5,8-10,16H,6-7,11H2,(H2,23,24,29). The molecule has 0 heterocycles. The number of rotatable bonds is 9. The molecule has 2 N–H and O–H groups in total. The van der Waals surface area contributed by atoms with Crippen LogP contribution in [0.2, 0.25) is 0 Å². The van der Waals surface area contributed by atoms with Crippen LogP contribution in [0, 0.1) is 10.1 Å². The van der Waals surface area contributed by atoms with E-state index in [2.05, 4.69) is 15.4 Å². The monoisotopic (exact) mass is 431 g/mol. The number of halogens is 4. The Hall–Kier alpha value is -2.95. The lowest BCUT2D eigenvalue weighted by atomic mass is 10.1. The maximum Gasteiger partial charge on any atom is 0.340 e. The van der Waals surface area contributed by atoms with E-state index in [1.165, 1.54) is 0 Å². The minimum Gasteiger partial charge on any atom is -0.487 e. The molecular formula is C18H17F4N3O3S. The van der Waals surface area contributed by atoms with Crippen molar-refractivity contribution >= 4 is 28.7 Å². The number of hydrogen-bond donors (Lipinski definition) is 2. The van der Waals surface area contributed by atoms with Crippen molar-refractivity contribution in [3.05, 3.63) is 64.2 Å². The molecule has 0 aliphatic rings. The van der Waals surface area contributed by atoms with Crippen LogP contribution in [0.5, 0.6) is 5.75 Å². The van der Waals surface area contributed by atoms with E-state index < -0.39 is 29.6 Å². The van der Waals surface area contributed by atoms with Gasteiger partial charge in [0, 0.05) is 18.7 Å². The predicted octanol–water partition coefficient (Wildman–Crippen LogP) is 4.40. The summed E-state index contributed by atoms with van der Waals surface area (Å²) >= 11 is 5.11. The zero-order chi connectivity index (χ0) is 21.4. The maximum absolute atomic E-state index is 13.0. The quantitative estimate of drug-likeness (QED) is 0.265. The number of anilines is 1. The number of thiocarbonyl (C=S) groups is 1. The first-order chi connectivity index (χ1) is 13.7. The van der Waals surface area contributed by atoms with Gasteiger partial charge in [0.15, 0.2) is 11.7 Å². The first kappa shape index (κ1) is 22.3. The third-order valence-corrected chi connectivity index (χ3v) is 3.90. The van der Waals surface area contributed by atoms with Crippen LogP contribution in [-0.2, 0) is 6.42 Å². The molecule has 0 fully saturated rings. The highest BCUT2D eigenvalue weighted by Gasteiger charge is 2.41. The largest absolute Gasteiger partial charge is 0.487 e. The average Bonchev–Trinajstić information content (AvgIpc) is 2.67. The van der Waals surface area contributed by atoms with Crippen molar-refractivity contribution in [1.82, 2.24) is 5.32 Å². The molecule has 156 valence electrons. The second-order valence-electron chi connectivity index (χ2n) is 5.94. The van der Waals surface area contributed by atoms with Crippen molar-refractivity contribution in [2.24, 2.45) is 0 Å². The Morgan fingerprint density at radius 3 is 2.52 bits per heavy atom. The maximum atomic E-state index is 13.0. The van der Waals surface area contributed by atoms with Crippen molar-refractivity contribution in [3.63, 3.8) is 0 Å². The number of ether oxygens (including phenoxy) is 1. The van der Waals surface area contributed by atoms with Gasteiger partial charge in [0.25, 0.3) is 5.69 Å². The highest BCUT2D eigenvalue weighted by Crippen LogP contribution is 2.29. The summed E-state index contributed by atoms with van der Waals surface area (Å²) in [5.41, 5.74) is 0.693. The lowest BCUT2D eigenvalue weighted by molar-refractivity contribution is -0.384. The number of nitro benzene ring substituents is 1. The van der Waals surface area contributed by atoms with Gasteiger partial charge < -0.3 is 15.4 Å². The topological polar surface area (TPSA) is 76.4 Å². The molecule has 2 aromatic rings. The number of alkyl halides is 4. The van der Waals surface area contributed by atoms with E-state index in [1.54, 1.807) is 0 Å². The molecule has 0 aliphatic heterocycles. The molecule has 11 heteroatoms. The summed E-state index contributed by atoms with van der Waals surface area (Å²) in [6.07, 6.45) is -3.24. The van der Waals surface area contributed by atoms with Crippen molar-refractivity contribution in [1.29, 1.82) is 0 Å². The Labute approximate surface area is 169 Å². The van der Waals surface area contributed by atoms with Gasteiger partial charge in [-0.15, -0.1) is 0 Å². The fourth-order valence-corrected chi connectivity index (χ4v) is 2.45. The van der Waals surface area contributed by atoms with Crippen molar-refractivity contribution in [2.75, 3.05) is 18.5 Å². The number of nitrogens with zero attached hydrogens (tertiary/aromatic N) is 1. The second kappa shape index (κ2) is 10.0. The molecule has 0 saturated carbocycles. The molecule has 0 radical (unpaired) electrons. The Morgan fingerprint density at radius 2 is 1.90 bits per heavy atom. The Morgan fingerprint density at radius 1 is 1.21 bits per heavy atom. The lowest BCUT2D eigenvalue weighted by Gasteiger charge is -2.17. The summed E-state index contributed by atoms with van der Waals surface area (Å²) in [7, 11) is 0. The van der Waals surface area contributed by atoms with Crippen LogP contribution >= 0.6 is 12.2 Å². The van der Waals surface area contributed by atoms with E-state index in [0.717, 1.165) is 23.8 Å². The number of non-ortho nitro benzene ring substituents is 1. The number of nitro groups is 1. The average molecular weight is 431 g/mol. The molecular weight excluding hydrogens is 414 g/mol. The Kier molecular flexibility index (Phi) is 7.71.